The van der Waals surface area contributed by atoms with Crippen LogP contribution in [0, 0.1) is 0 Å². The first kappa shape index (κ1) is 20.4. The van der Waals surface area contributed by atoms with Crippen molar-refractivity contribution in [2.45, 2.75) is 19.1 Å². The Kier molecular flexibility index (Phi) is 7.13. The summed E-state index contributed by atoms with van der Waals surface area (Å²) in [6.45, 7) is 5.21. The van der Waals surface area contributed by atoms with Gasteiger partial charge < -0.3 is 25.3 Å². The minimum atomic E-state index is 0.192. The van der Waals surface area contributed by atoms with E-state index >= 15 is 0 Å². The maximum absolute atomic E-state index is 6.15. The van der Waals surface area contributed by atoms with E-state index in [1.54, 1.807) is 25.6 Å². The van der Waals surface area contributed by atoms with Gasteiger partial charge in [-0.3, -0.25) is 9.89 Å². The number of aliphatic imine (C=N–C) groups is 1. The van der Waals surface area contributed by atoms with Gasteiger partial charge in [0.1, 0.15) is 0 Å². The Morgan fingerprint density at radius 3 is 2.86 bits per heavy atom. The fourth-order valence-electron chi connectivity index (χ4n) is 3.28. The molecule has 0 radical (unpaired) electrons. The molecule has 2 heterocycles. The first-order valence-electron chi connectivity index (χ1n) is 9.28. The third kappa shape index (κ3) is 5.15. The summed E-state index contributed by atoms with van der Waals surface area (Å²) in [7, 11) is 3.21. The first-order chi connectivity index (χ1) is 13.6. The lowest BCUT2D eigenvalue weighted by atomic mass is 10.1. The van der Waals surface area contributed by atoms with Crippen molar-refractivity contribution in [2.24, 2.45) is 10.7 Å². The van der Waals surface area contributed by atoms with E-state index in [1.807, 2.05) is 18.2 Å². The molecule has 1 saturated heterocycles. The van der Waals surface area contributed by atoms with E-state index < -0.39 is 0 Å². The van der Waals surface area contributed by atoms with Crippen LogP contribution in [0.1, 0.15) is 17.8 Å². The molecule has 0 bridgehead atoms. The van der Waals surface area contributed by atoms with Crippen LogP contribution in [0.25, 0.3) is 0 Å². The second-order valence-corrected chi connectivity index (χ2v) is 7.61. The molecule has 7 nitrogen and oxygen atoms in total. The number of nitrogens with one attached hydrogen (secondary N) is 1. The molecule has 1 aliphatic heterocycles. The molecule has 1 aliphatic rings. The summed E-state index contributed by atoms with van der Waals surface area (Å²) in [6, 6.07) is 9.97. The van der Waals surface area contributed by atoms with E-state index in [-0.39, 0.29) is 12.1 Å². The van der Waals surface area contributed by atoms with Gasteiger partial charge in [-0.25, -0.2) is 0 Å². The molecule has 2 unspecified atom stereocenters. The zero-order valence-corrected chi connectivity index (χ0v) is 17.4. The molecule has 0 spiro atoms. The van der Waals surface area contributed by atoms with Crippen LogP contribution >= 0.6 is 11.3 Å². The number of morpholine rings is 1. The van der Waals surface area contributed by atoms with Crippen LogP contribution in [0.15, 0.2) is 40.7 Å². The molecule has 2 aromatic rings. The van der Waals surface area contributed by atoms with E-state index in [9.17, 15) is 0 Å². The van der Waals surface area contributed by atoms with Crippen LogP contribution in [0.5, 0.6) is 11.5 Å². The van der Waals surface area contributed by atoms with Crippen LogP contribution in [-0.4, -0.2) is 57.4 Å². The molecule has 3 rings (SSSR count). The van der Waals surface area contributed by atoms with Gasteiger partial charge >= 0.3 is 0 Å². The highest BCUT2D eigenvalue weighted by Gasteiger charge is 2.26. The summed E-state index contributed by atoms with van der Waals surface area (Å²) in [6.07, 6.45) is 0.224. The number of ether oxygens (including phenoxy) is 3. The normalized spacial score (nSPS) is 19.2. The van der Waals surface area contributed by atoms with Crippen molar-refractivity contribution in [3.8, 4) is 11.5 Å². The highest BCUT2D eigenvalue weighted by molar-refractivity contribution is 7.10. The van der Waals surface area contributed by atoms with Crippen molar-refractivity contribution in [1.29, 1.82) is 0 Å². The van der Waals surface area contributed by atoms with Crippen molar-refractivity contribution in [2.75, 3.05) is 45.8 Å². The number of nitrogens with zero attached hydrogens (tertiary/aromatic N) is 2. The van der Waals surface area contributed by atoms with Gasteiger partial charge in [-0.15, -0.1) is 11.3 Å². The number of hydrogen-bond acceptors (Lipinski definition) is 6. The molecule has 3 N–H and O–H groups in total. The van der Waals surface area contributed by atoms with Gasteiger partial charge in [-0.05, 0) is 30.5 Å². The highest BCUT2D eigenvalue weighted by atomic mass is 32.1. The molecule has 0 saturated carbocycles. The van der Waals surface area contributed by atoms with Gasteiger partial charge in [0.25, 0.3) is 0 Å². The first-order valence-corrected chi connectivity index (χ1v) is 10.2. The Labute approximate surface area is 170 Å². The SMILES string of the molecule is COc1ccc(NC(N)=NCC(c2cccs2)N2CCOC(C)C2)cc1OC. The smallest absolute Gasteiger partial charge is 0.193 e. The summed E-state index contributed by atoms with van der Waals surface area (Å²) >= 11 is 1.75. The van der Waals surface area contributed by atoms with Crippen molar-refractivity contribution in [3.05, 3.63) is 40.6 Å². The maximum Gasteiger partial charge on any atom is 0.193 e. The monoisotopic (exact) mass is 404 g/mol. The molecule has 1 aromatic heterocycles. The number of methoxy groups -OCH3 is 2. The Hall–Kier alpha value is -2.29. The third-order valence-corrected chi connectivity index (χ3v) is 5.65. The van der Waals surface area contributed by atoms with Crippen LogP contribution in [0.4, 0.5) is 5.69 Å². The van der Waals surface area contributed by atoms with E-state index in [0.29, 0.717) is 24.0 Å². The number of hydrogen-bond donors (Lipinski definition) is 2. The molecular formula is C20H28N4O3S. The molecule has 0 aliphatic carbocycles. The third-order valence-electron chi connectivity index (χ3n) is 4.68. The molecule has 0 amide bonds. The largest absolute Gasteiger partial charge is 0.493 e. The number of anilines is 1. The zero-order chi connectivity index (χ0) is 19.9. The number of benzene rings is 1. The zero-order valence-electron chi connectivity index (χ0n) is 16.6. The molecule has 28 heavy (non-hydrogen) atoms. The van der Waals surface area contributed by atoms with Crippen molar-refractivity contribution >= 4 is 23.0 Å². The second kappa shape index (κ2) is 9.77. The Morgan fingerprint density at radius 1 is 1.36 bits per heavy atom. The van der Waals surface area contributed by atoms with E-state index in [1.165, 1.54) is 4.88 Å². The maximum atomic E-state index is 6.15. The predicted octanol–water partition coefficient (Wildman–Crippen LogP) is 2.95. The van der Waals surface area contributed by atoms with Crippen LogP contribution < -0.4 is 20.5 Å². The number of guanidine groups is 1. The van der Waals surface area contributed by atoms with Crippen LogP contribution in [0.3, 0.4) is 0 Å². The average molecular weight is 405 g/mol. The van der Waals surface area contributed by atoms with Gasteiger partial charge in [-0.1, -0.05) is 6.07 Å². The number of thiophene rings is 1. The number of rotatable bonds is 7. The summed E-state index contributed by atoms with van der Waals surface area (Å²) < 4.78 is 16.3. The highest BCUT2D eigenvalue weighted by Crippen LogP contribution is 2.30. The van der Waals surface area contributed by atoms with Crippen LogP contribution in [0.2, 0.25) is 0 Å². The van der Waals surface area contributed by atoms with Crippen molar-refractivity contribution in [3.63, 3.8) is 0 Å². The summed E-state index contributed by atoms with van der Waals surface area (Å²) in [5, 5.41) is 5.23. The van der Waals surface area contributed by atoms with Gasteiger partial charge in [0, 0.05) is 29.7 Å². The Bertz CT molecular complexity index is 782. The lowest BCUT2D eigenvalue weighted by Gasteiger charge is -2.36. The van der Waals surface area contributed by atoms with Gasteiger partial charge in [0.15, 0.2) is 17.5 Å². The molecule has 8 heteroatoms. The van der Waals surface area contributed by atoms with E-state index in [0.717, 1.165) is 25.4 Å². The Balaban J connectivity index is 1.70. The van der Waals surface area contributed by atoms with E-state index in [4.69, 9.17) is 19.9 Å². The summed E-state index contributed by atoms with van der Waals surface area (Å²) in [4.78, 5) is 8.32. The minimum Gasteiger partial charge on any atom is -0.493 e. The molecule has 1 fully saturated rings. The molecule has 2 atom stereocenters. The quantitative estimate of drug-likeness (QED) is 0.545. The van der Waals surface area contributed by atoms with Gasteiger partial charge in [0.05, 0.1) is 39.5 Å². The lowest BCUT2D eigenvalue weighted by Crippen LogP contribution is -2.44. The summed E-state index contributed by atoms with van der Waals surface area (Å²) in [5.41, 5.74) is 6.95. The van der Waals surface area contributed by atoms with E-state index in [2.05, 4.69) is 39.6 Å². The fraction of sp³-hybridized carbons (Fsp3) is 0.450. The lowest BCUT2D eigenvalue weighted by molar-refractivity contribution is -0.0327. The Morgan fingerprint density at radius 2 is 2.18 bits per heavy atom. The summed E-state index contributed by atoms with van der Waals surface area (Å²) in [5.74, 6) is 1.68. The molecule has 1 aromatic carbocycles. The second-order valence-electron chi connectivity index (χ2n) is 6.63. The predicted molar refractivity (Wildman–Crippen MR) is 114 cm³/mol. The van der Waals surface area contributed by atoms with Crippen LogP contribution in [-0.2, 0) is 4.74 Å². The fourth-order valence-corrected chi connectivity index (χ4v) is 4.13. The topological polar surface area (TPSA) is 81.3 Å². The van der Waals surface area contributed by atoms with Gasteiger partial charge in [0.2, 0.25) is 0 Å². The molecule has 152 valence electrons. The van der Waals surface area contributed by atoms with Crippen molar-refractivity contribution in [1.82, 2.24) is 4.90 Å². The number of nitrogens with two attached hydrogens (primary N) is 1. The average Bonchev–Trinajstić information content (AvgIpc) is 3.22. The minimum absolute atomic E-state index is 0.192. The van der Waals surface area contributed by atoms with Gasteiger partial charge in [-0.2, -0.15) is 0 Å². The molecular weight excluding hydrogens is 376 g/mol. The standard InChI is InChI=1S/C20H28N4O3S/c1-14-13-24(8-9-27-14)16(19-5-4-10-28-19)12-22-20(21)23-15-6-7-17(25-2)18(11-15)26-3/h4-7,10-11,14,16H,8-9,12-13H2,1-3H3,(H3,21,22,23). The van der Waals surface area contributed by atoms with Crippen molar-refractivity contribution < 1.29 is 14.2 Å².